The van der Waals surface area contributed by atoms with E-state index in [1.165, 1.54) is 0 Å². The number of rotatable bonds is 10. The number of guanidine groups is 1. The van der Waals surface area contributed by atoms with Gasteiger partial charge in [0.15, 0.2) is 5.96 Å². The zero-order valence-electron chi connectivity index (χ0n) is 13.7. The minimum Gasteiger partial charge on any atom is -0.372 e. The van der Waals surface area contributed by atoms with Crippen molar-refractivity contribution in [2.75, 3.05) is 32.8 Å². The molecular weight excluding hydrogens is 438 g/mol. The Morgan fingerprint density at radius 2 is 2.08 bits per heavy atom. The fourth-order valence-corrected chi connectivity index (χ4v) is 1.77. The van der Waals surface area contributed by atoms with Crippen LogP contribution in [0.15, 0.2) is 23.5 Å². The van der Waals surface area contributed by atoms with Gasteiger partial charge in [-0.1, -0.05) is 0 Å². The molecular formula is C14H25F3IN5O. The highest BCUT2D eigenvalue weighted by molar-refractivity contribution is 14.0. The minimum atomic E-state index is -4.27. The van der Waals surface area contributed by atoms with Gasteiger partial charge in [0.2, 0.25) is 0 Å². The number of hydrogen-bond acceptors (Lipinski definition) is 3. The minimum absolute atomic E-state index is 0. The summed E-state index contributed by atoms with van der Waals surface area (Å²) in [5, 5.41) is 10.3. The van der Waals surface area contributed by atoms with Crippen LogP contribution in [0.25, 0.3) is 0 Å². The van der Waals surface area contributed by atoms with Crippen molar-refractivity contribution >= 4 is 29.9 Å². The van der Waals surface area contributed by atoms with Crippen LogP contribution in [0.4, 0.5) is 13.2 Å². The van der Waals surface area contributed by atoms with Crippen LogP contribution in [0.3, 0.4) is 0 Å². The Balaban J connectivity index is 0.00000529. The van der Waals surface area contributed by atoms with Gasteiger partial charge in [-0.15, -0.1) is 24.0 Å². The Morgan fingerprint density at radius 1 is 1.29 bits per heavy atom. The van der Waals surface area contributed by atoms with Crippen molar-refractivity contribution in [1.29, 1.82) is 0 Å². The molecule has 140 valence electrons. The molecule has 0 atom stereocenters. The normalized spacial score (nSPS) is 11.9. The quantitative estimate of drug-likeness (QED) is 0.242. The van der Waals surface area contributed by atoms with Gasteiger partial charge in [0.05, 0.1) is 0 Å². The van der Waals surface area contributed by atoms with Gasteiger partial charge < -0.3 is 15.4 Å². The lowest BCUT2D eigenvalue weighted by molar-refractivity contribution is -0.173. The predicted molar refractivity (Wildman–Crippen MR) is 97.7 cm³/mol. The molecule has 0 aromatic carbocycles. The molecule has 10 heteroatoms. The van der Waals surface area contributed by atoms with Crippen LogP contribution in [-0.2, 0) is 11.3 Å². The zero-order chi connectivity index (χ0) is 17.0. The molecule has 1 rings (SSSR count). The molecule has 0 aliphatic heterocycles. The van der Waals surface area contributed by atoms with E-state index in [9.17, 15) is 13.2 Å². The maximum absolute atomic E-state index is 11.9. The van der Waals surface area contributed by atoms with E-state index < -0.39 is 12.8 Å². The largest absolute Gasteiger partial charge is 0.411 e. The van der Waals surface area contributed by atoms with Crippen LogP contribution < -0.4 is 10.6 Å². The second kappa shape index (κ2) is 13.3. The molecule has 1 heterocycles. The van der Waals surface area contributed by atoms with Gasteiger partial charge in [-0.25, -0.2) is 0 Å². The molecule has 0 aliphatic rings. The van der Waals surface area contributed by atoms with Crippen LogP contribution in [0.2, 0.25) is 0 Å². The van der Waals surface area contributed by atoms with Crippen molar-refractivity contribution in [3.63, 3.8) is 0 Å². The van der Waals surface area contributed by atoms with Gasteiger partial charge in [-0.05, 0) is 25.8 Å². The van der Waals surface area contributed by atoms with Crippen LogP contribution >= 0.6 is 24.0 Å². The van der Waals surface area contributed by atoms with Crippen LogP contribution in [0.1, 0.15) is 19.8 Å². The van der Waals surface area contributed by atoms with Crippen molar-refractivity contribution in [2.24, 2.45) is 4.99 Å². The van der Waals surface area contributed by atoms with E-state index in [4.69, 9.17) is 0 Å². The van der Waals surface area contributed by atoms with Crippen molar-refractivity contribution in [2.45, 2.75) is 32.5 Å². The van der Waals surface area contributed by atoms with E-state index in [0.717, 1.165) is 19.5 Å². The molecule has 1 aromatic rings. The van der Waals surface area contributed by atoms with Gasteiger partial charge >= 0.3 is 6.18 Å². The number of nitrogens with one attached hydrogen (secondary N) is 2. The lowest BCUT2D eigenvalue weighted by Gasteiger charge is -2.12. The Bertz CT molecular complexity index is 440. The predicted octanol–water partition coefficient (Wildman–Crippen LogP) is 2.42. The van der Waals surface area contributed by atoms with Gasteiger partial charge in [-0.2, -0.15) is 18.3 Å². The molecule has 24 heavy (non-hydrogen) atoms. The van der Waals surface area contributed by atoms with Gasteiger partial charge in [0.25, 0.3) is 0 Å². The number of halogens is 4. The third-order valence-corrected chi connectivity index (χ3v) is 2.74. The lowest BCUT2D eigenvalue weighted by atomic mass is 10.4. The van der Waals surface area contributed by atoms with Crippen LogP contribution in [-0.4, -0.2) is 54.8 Å². The lowest BCUT2D eigenvalue weighted by Crippen LogP contribution is -2.38. The summed E-state index contributed by atoms with van der Waals surface area (Å²) in [5.74, 6) is 0.656. The molecule has 2 N–H and O–H groups in total. The number of hydrogen-bond donors (Lipinski definition) is 2. The molecule has 0 fully saturated rings. The van der Waals surface area contributed by atoms with E-state index in [-0.39, 0.29) is 30.6 Å². The standard InChI is InChI=1S/C14H24F3N5O.HI/c1-2-18-13(19-6-3-9-22-10-4-8-21-22)20-7-5-11-23-12-14(15,16)17;/h4,8,10H,2-3,5-7,9,11-12H2,1H3,(H2,18,19,20);1H. The molecule has 0 amide bonds. The number of ether oxygens (including phenoxy) is 1. The zero-order valence-corrected chi connectivity index (χ0v) is 16.0. The molecule has 0 spiro atoms. The van der Waals surface area contributed by atoms with Crippen molar-refractivity contribution < 1.29 is 17.9 Å². The summed E-state index contributed by atoms with van der Waals surface area (Å²) in [7, 11) is 0. The van der Waals surface area contributed by atoms with E-state index in [1.54, 1.807) is 6.20 Å². The molecule has 6 nitrogen and oxygen atoms in total. The molecule has 0 unspecified atom stereocenters. The summed E-state index contributed by atoms with van der Waals surface area (Å²) in [6, 6.07) is 1.87. The van der Waals surface area contributed by atoms with Gasteiger partial charge in [0, 0.05) is 45.2 Å². The molecule has 0 radical (unpaired) electrons. The molecule has 0 saturated heterocycles. The molecule has 1 aromatic heterocycles. The first-order chi connectivity index (χ1) is 11.0. The fraction of sp³-hybridized carbons (Fsp3) is 0.714. The van der Waals surface area contributed by atoms with Crippen LogP contribution in [0.5, 0.6) is 0 Å². The molecule has 0 bridgehead atoms. The van der Waals surface area contributed by atoms with Crippen molar-refractivity contribution in [3.05, 3.63) is 18.5 Å². The summed E-state index contributed by atoms with van der Waals surface area (Å²) in [4.78, 5) is 4.40. The third kappa shape index (κ3) is 12.4. The second-order valence-electron chi connectivity index (χ2n) is 4.83. The summed E-state index contributed by atoms with van der Waals surface area (Å²) >= 11 is 0. The topological polar surface area (TPSA) is 63.5 Å². The Hall–Kier alpha value is -1.04. The molecule has 0 saturated carbocycles. The van der Waals surface area contributed by atoms with Gasteiger partial charge in [-0.3, -0.25) is 9.67 Å². The average molecular weight is 463 g/mol. The smallest absolute Gasteiger partial charge is 0.372 e. The summed E-state index contributed by atoms with van der Waals surface area (Å²) in [6.45, 7) is 3.46. The van der Waals surface area contributed by atoms with Crippen molar-refractivity contribution in [1.82, 2.24) is 20.4 Å². The highest BCUT2D eigenvalue weighted by Crippen LogP contribution is 2.14. The van der Waals surface area contributed by atoms with E-state index >= 15 is 0 Å². The SMILES string of the molecule is CCNC(=NCCCn1cccn1)NCCCOCC(F)(F)F.I. The van der Waals surface area contributed by atoms with Crippen molar-refractivity contribution in [3.8, 4) is 0 Å². The second-order valence-corrected chi connectivity index (χ2v) is 4.83. The third-order valence-electron chi connectivity index (χ3n) is 2.74. The van der Waals surface area contributed by atoms with E-state index in [1.807, 2.05) is 23.9 Å². The number of aromatic nitrogens is 2. The summed E-state index contributed by atoms with van der Waals surface area (Å²) in [5.41, 5.74) is 0. The monoisotopic (exact) mass is 463 g/mol. The van der Waals surface area contributed by atoms with E-state index in [2.05, 4.69) is 25.5 Å². The molecule has 0 aliphatic carbocycles. The number of aliphatic imine (C=N–C) groups is 1. The number of aryl methyl sites for hydroxylation is 1. The first kappa shape index (κ1) is 23.0. The highest BCUT2D eigenvalue weighted by atomic mass is 127. The van der Waals surface area contributed by atoms with E-state index in [0.29, 0.717) is 25.5 Å². The fourth-order valence-electron chi connectivity index (χ4n) is 1.77. The number of nitrogens with zero attached hydrogens (tertiary/aromatic N) is 3. The Labute approximate surface area is 157 Å². The number of alkyl halides is 3. The maximum atomic E-state index is 11.9. The Kier molecular flexibility index (Phi) is 12.7. The summed E-state index contributed by atoms with van der Waals surface area (Å²) < 4.78 is 42.1. The Morgan fingerprint density at radius 3 is 2.71 bits per heavy atom. The van der Waals surface area contributed by atoms with Crippen LogP contribution in [0, 0.1) is 0 Å². The first-order valence-corrected chi connectivity index (χ1v) is 7.65. The first-order valence-electron chi connectivity index (χ1n) is 7.65. The average Bonchev–Trinajstić information content (AvgIpc) is 2.99. The maximum Gasteiger partial charge on any atom is 0.411 e. The highest BCUT2D eigenvalue weighted by Gasteiger charge is 2.27. The van der Waals surface area contributed by atoms with Gasteiger partial charge in [0.1, 0.15) is 6.61 Å². The summed E-state index contributed by atoms with van der Waals surface area (Å²) in [6.07, 6.45) is 0.697.